The van der Waals surface area contributed by atoms with Gasteiger partial charge in [0.25, 0.3) is 0 Å². The summed E-state index contributed by atoms with van der Waals surface area (Å²) in [5.41, 5.74) is 0. The van der Waals surface area contributed by atoms with Crippen LogP contribution < -0.4 is 0 Å². The van der Waals surface area contributed by atoms with Crippen LogP contribution in [0.4, 0.5) is 0 Å². The third-order valence-corrected chi connectivity index (χ3v) is 18.0. The van der Waals surface area contributed by atoms with Crippen LogP contribution in [0.25, 0.3) is 0 Å². The van der Waals surface area contributed by atoms with Crippen LogP contribution in [0, 0.1) is 71.0 Å². The van der Waals surface area contributed by atoms with Crippen molar-refractivity contribution in [2.45, 2.75) is 257 Å². The first-order valence-electron chi connectivity index (χ1n) is 25.7. The minimum Gasteiger partial charge on any atom is -0.0533 e. The Morgan fingerprint density at radius 1 is 0.192 bits per heavy atom. The van der Waals surface area contributed by atoms with Gasteiger partial charge in [0.2, 0.25) is 0 Å². The van der Waals surface area contributed by atoms with Gasteiger partial charge in [-0.3, -0.25) is 0 Å². The molecule has 7 aliphatic rings. The van der Waals surface area contributed by atoms with Crippen molar-refractivity contribution in [3.63, 3.8) is 0 Å². The molecule has 0 spiro atoms. The molecule has 7 aliphatic carbocycles. The SMILES string of the molecule is C1CCC(CC2CC(CCCC3CCC(CCCC4CC(CC5CCCCC5)CC(CC5CCCCC5)C4)CC3)CC(CC3CCCCC3)C2)CC1. The minimum absolute atomic E-state index is 1.08. The van der Waals surface area contributed by atoms with Gasteiger partial charge in [0.15, 0.2) is 0 Å². The highest BCUT2D eigenvalue weighted by molar-refractivity contribution is 4.86. The van der Waals surface area contributed by atoms with E-state index in [9.17, 15) is 0 Å². The molecule has 7 fully saturated rings. The average Bonchev–Trinajstić information content (AvgIpc) is 3.17. The second-order valence-corrected chi connectivity index (χ2v) is 22.3. The van der Waals surface area contributed by atoms with Gasteiger partial charge in [-0.25, -0.2) is 0 Å². The highest BCUT2D eigenvalue weighted by Crippen LogP contribution is 2.47. The van der Waals surface area contributed by atoms with Crippen LogP contribution in [-0.4, -0.2) is 0 Å². The second kappa shape index (κ2) is 22.1. The lowest BCUT2D eigenvalue weighted by Crippen LogP contribution is -2.27. The standard InChI is InChI=1S/C52H92/c1-5-15-43(16-6-1)31-49-35-47(36-50(39-49)32-44-17-7-2-8-18-44)25-13-23-41-27-29-42(30-28-41)24-14-26-48-37-51(33-45-19-9-3-10-20-45)40-52(38-48)34-46-21-11-4-12-22-46/h41-52H,1-40H2. The molecule has 0 aliphatic heterocycles. The summed E-state index contributed by atoms with van der Waals surface area (Å²) in [6.45, 7) is 0. The zero-order valence-corrected chi connectivity index (χ0v) is 35.2. The molecule has 0 saturated heterocycles. The fourth-order valence-corrected chi connectivity index (χ4v) is 15.4. The maximum Gasteiger partial charge on any atom is -0.0406 e. The van der Waals surface area contributed by atoms with Crippen LogP contribution in [-0.2, 0) is 0 Å². The second-order valence-electron chi connectivity index (χ2n) is 22.3. The highest BCUT2D eigenvalue weighted by atomic mass is 14.4. The molecule has 0 aromatic carbocycles. The first kappa shape index (κ1) is 40.2. The molecule has 0 bridgehead atoms. The predicted molar refractivity (Wildman–Crippen MR) is 227 cm³/mol. The van der Waals surface area contributed by atoms with Crippen molar-refractivity contribution in [2.75, 3.05) is 0 Å². The molecule has 0 aromatic heterocycles. The van der Waals surface area contributed by atoms with Crippen LogP contribution in [0.2, 0.25) is 0 Å². The first-order valence-corrected chi connectivity index (χ1v) is 25.7. The summed E-state index contributed by atoms with van der Waals surface area (Å²) in [6.07, 6.45) is 63.0. The van der Waals surface area contributed by atoms with Crippen LogP contribution in [0.3, 0.4) is 0 Å². The summed E-state index contributed by atoms with van der Waals surface area (Å²) < 4.78 is 0. The van der Waals surface area contributed by atoms with Gasteiger partial charge in [-0.2, -0.15) is 0 Å². The Balaban J connectivity index is 0.799. The Morgan fingerprint density at radius 3 is 0.692 bits per heavy atom. The highest BCUT2D eigenvalue weighted by Gasteiger charge is 2.34. The summed E-state index contributed by atoms with van der Waals surface area (Å²) in [4.78, 5) is 0. The van der Waals surface area contributed by atoms with Crippen molar-refractivity contribution in [3.05, 3.63) is 0 Å². The largest absolute Gasteiger partial charge is 0.0533 e. The van der Waals surface area contributed by atoms with E-state index in [1.165, 1.54) is 77.0 Å². The van der Waals surface area contributed by atoms with Gasteiger partial charge in [-0.15, -0.1) is 0 Å². The van der Waals surface area contributed by atoms with Crippen LogP contribution in [0.15, 0.2) is 0 Å². The molecule has 7 saturated carbocycles. The van der Waals surface area contributed by atoms with E-state index < -0.39 is 0 Å². The molecule has 52 heavy (non-hydrogen) atoms. The Bertz CT molecular complexity index is 786. The number of hydrogen-bond donors (Lipinski definition) is 0. The summed E-state index contributed by atoms with van der Waals surface area (Å²) in [6, 6.07) is 0. The Morgan fingerprint density at radius 2 is 0.423 bits per heavy atom. The summed E-state index contributed by atoms with van der Waals surface area (Å²) >= 11 is 0. The predicted octanol–water partition coefficient (Wildman–Crippen LogP) is 17.1. The number of hydrogen-bond acceptors (Lipinski definition) is 0. The lowest BCUT2D eigenvalue weighted by Gasteiger charge is -2.39. The van der Waals surface area contributed by atoms with Crippen LogP contribution in [0.1, 0.15) is 257 Å². The zero-order valence-electron chi connectivity index (χ0n) is 35.2. The number of rotatable bonds is 16. The Labute approximate surface area is 326 Å². The fraction of sp³-hybridized carbons (Fsp3) is 1.00. The topological polar surface area (TPSA) is 0 Å². The zero-order chi connectivity index (χ0) is 35.2. The van der Waals surface area contributed by atoms with E-state index in [2.05, 4.69) is 0 Å². The third kappa shape index (κ3) is 13.6. The maximum atomic E-state index is 1.62. The van der Waals surface area contributed by atoms with E-state index in [1.54, 1.807) is 180 Å². The van der Waals surface area contributed by atoms with Crippen LogP contribution >= 0.6 is 0 Å². The molecule has 0 aromatic rings. The molecule has 7 rings (SSSR count). The molecular weight excluding hydrogens is 625 g/mol. The van der Waals surface area contributed by atoms with Gasteiger partial charge in [0, 0.05) is 0 Å². The van der Waals surface area contributed by atoms with Crippen molar-refractivity contribution >= 4 is 0 Å². The van der Waals surface area contributed by atoms with E-state index in [1.807, 2.05) is 0 Å². The van der Waals surface area contributed by atoms with Gasteiger partial charge in [0.1, 0.15) is 0 Å². The van der Waals surface area contributed by atoms with Crippen molar-refractivity contribution in [2.24, 2.45) is 71.0 Å². The third-order valence-electron chi connectivity index (χ3n) is 18.0. The molecule has 0 radical (unpaired) electrons. The Kier molecular flexibility index (Phi) is 17.1. The molecule has 300 valence electrons. The molecular formula is C52H92. The van der Waals surface area contributed by atoms with E-state index in [0.717, 1.165) is 71.0 Å². The van der Waals surface area contributed by atoms with Gasteiger partial charge in [0.05, 0.1) is 0 Å². The van der Waals surface area contributed by atoms with Crippen molar-refractivity contribution < 1.29 is 0 Å². The van der Waals surface area contributed by atoms with Gasteiger partial charge >= 0.3 is 0 Å². The van der Waals surface area contributed by atoms with E-state index in [4.69, 9.17) is 0 Å². The molecule has 0 amide bonds. The minimum atomic E-state index is 1.08. The van der Waals surface area contributed by atoms with Gasteiger partial charge < -0.3 is 0 Å². The molecule has 4 unspecified atom stereocenters. The molecule has 0 heterocycles. The van der Waals surface area contributed by atoms with E-state index in [0.29, 0.717) is 0 Å². The smallest absolute Gasteiger partial charge is 0.0406 e. The normalized spacial score (nSPS) is 36.9. The average molecular weight is 717 g/mol. The first-order chi connectivity index (χ1) is 25.7. The Hall–Kier alpha value is 0. The molecule has 0 heteroatoms. The van der Waals surface area contributed by atoms with Crippen LogP contribution in [0.5, 0.6) is 0 Å². The molecule has 4 atom stereocenters. The monoisotopic (exact) mass is 717 g/mol. The lowest BCUT2D eigenvalue weighted by atomic mass is 9.66. The molecule has 0 nitrogen and oxygen atoms in total. The van der Waals surface area contributed by atoms with Crippen molar-refractivity contribution in [1.29, 1.82) is 0 Å². The van der Waals surface area contributed by atoms with Crippen molar-refractivity contribution in [1.82, 2.24) is 0 Å². The van der Waals surface area contributed by atoms with E-state index >= 15 is 0 Å². The summed E-state index contributed by atoms with van der Waals surface area (Å²) in [5.74, 6) is 13.0. The molecule has 0 N–H and O–H groups in total. The van der Waals surface area contributed by atoms with Crippen molar-refractivity contribution in [3.8, 4) is 0 Å². The van der Waals surface area contributed by atoms with Gasteiger partial charge in [-0.1, -0.05) is 193 Å². The summed E-state index contributed by atoms with van der Waals surface area (Å²) in [7, 11) is 0. The quantitative estimate of drug-likeness (QED) is 0.149. The lowest BCUT2D eigenvalue weighted by molar-refractivity contribution is 0.123. The fourth-order valence-electron chi connectivity index (χ4n) is 15.4. The van der Waals surface area contributed by atoms with Gasteiger partial charge in [-0.05, 0) is 135 Å². The summed E-state index contributed by atoms with van der Waals surface area (Å²) in [5, 5.41) is 0. The van der Waals surface area contributed by atoms with E-state index in [-0.39, 0.29) is 0 Å². The maximum absolute atomic E-state index is 1.62.